The first kappa shape index (κ1) is 12.8. The average Bonchev–Trinajstić information content (AvgIpc) is 2.18. The maximum absolute atomic E-state index is 11.8. The van der Waals surface area contributed by atoms with Crippen LogP contribution in [0.3, 0.4) is 0 Å². The first-order valence-corrected chi connectivity index (χ1v) is 4.89. The highest BCUT2D eigenvalue weighted by Crippen LogP contribution is 2.19. The minimum Gasteiger partial charge on any atom is -0.329 e. The number of anilines is 1. The quantitative estimate of drug-likeness (QED) is 0.881. The van der Waals surface area contributed by atoms with Gasteiger partial charge in [0.15, 0.2) is 0 Å². The zero-order valence-electron chi connectivity index (χ0n) is 7.81. The van der Waals surface area contributed by atoms with E-state index in [1.807, 2.05) is 0 Å². The Kier molecular flexibility index (Phi) is 4.11. The van der Waals surface area contributed by atoms with Crippen molar-refractivity contribution in [1.29, 1.82) is 0 Å². The van der Waals surface area contributed by atoms with Crippen LogP contribution < -0.4 is 10.6 Å². The molecule has 0 atom stereocenters. The zero-order valence-corrected chi connectivity index (χ0v) is 9.39. The SMILES string of the molecule is O=C(NCC(F)(F)F)Nc1ccncc1Br. The van der Waals surface area contributed by atoms with Gasteiger partial charge in [-0.25, -0.2) is 4.79 Å². The number of nitrogens with one attached hydrogen (secondary N) is 2. The molecule has 1 rings (SSSR count). The number of urea groups is 1. The summed E-state index contributed by atoms with van der Waals surface area (Å²) in [5, 5.41) is 3.93. The van der Waals surface area contributed by atoms with Gasteiger partial charge in [-0.05, 0) is 22.0 Å². The number of amides is 2. The Labute approximate surface area is 97.4 Å². The molecule has 0 fully saturated rings. The third-order valence-electron chi connectivity index (χ3n) is 1.47. The summed E-state index contributed by atoms with van der Waals surface area (Å²) in [6, 6.07) is 0.529. The van der Waals surface area contributed by atoms with Crippen LogP contribution in [0, 0.1) is 0 Å². The van der Waals surface area contributed by atoms with Gasteiger partial charge in [0.1, 0.15) is 6.54 Å². The van der Waals surface area contributed by atoms with Crippen LogP contribution in [0.15, 0.2) is 22.9 Å². The summed E-state index contributed by atoms with van der Waals surface area (Å²) in [4.78, 5) is 14.8. The normalized spacial score (nSPS) is 11.0. The number of carbonyl (C=O) groups is 1. The predicted octanol–water partition coefficient (Wildman–Crippen LogP) is 2.53. The Morgan fingerprint density at radius 2 is 2.19 bits per heavy atom. The van der Waals surface area contributed by atoms with Crippen molar-refractivity contribution in [1.82, 2.24) is 10.3 Å². The van der Waals surface area contributed by atoms with Crippen LogP contribution in [0.2, 0.25) is 0 Å². The van der Waals surface area contributed by atoms with Crippen LogP contribution in [-0.2, 0) is 0 Å². The predicted molar refractivity (Wildman–Crippen MR) is 55.0 cm³/mol. The molecule has 8 heteroatoms. The number of alkyl halides is 3. The number of nitrogens with zero attached hydrogens (tertiary/aromatic N) is 1. The molecule has 0 bridgehead atoms. The van der Waals surface area contributed by atoms with Gasteiger partial charge in [-0.1, -0.05) is 0 Å². The second-order valence-electron chi connectivity index (χ2n) is 2.78. The molecule has 16 heavy (non-hydrogen) atoms. The second-order valence-corrected chi connectivity index (χ2v) is 3.63. The summed E-state index contributed by atoms with van der Waals surface area (Å²) >= 11 is 3.09. The van der Waals surface area contributed by atoms with Gasteiger partial charge in [-0.3, -0.25) is 4.98 Å². The summed E-state index contributed by atoms with van der Waals surface area (Å²) in [6.45, 7) is -1.37. The van der Waals surface area contributed by atoms with Gasteiger partial charge in [0.05, 0.1) is 10.2 Å². The van der Waals surface area contributed by atoms with Crippen molar-refractivity contribution in [2.24, 2.45) is 0 Å². The van der Waals surface area contributed by atoms with Crippen molar-refractivity contribution in [3.8, 4) is 0 Å². The van der Waals surface area contributed by atoms with E-state index in [1.165, 1.54) is 18.5 Å². The third-order valence-corrected chi connectivity index (χ3v) is 2.10. The molecular weight excluding hydrogens is 291 g/mol. The highest BCUT2D eigenvalue weighted by atomic mass is 79.9. The summed E-state index contributed by atoms with van der Waals surface area (Å²) < 4.78 is 35.8. The fourth-order valence-corrected chi connectivity index (χ4v) is 1.17. The maximum atomic E-state index is 11.8. The molecule has 0 aliphatic heterocycles. The lowest BCUT2D eigenvalue weighted by Crippen LogP contribution is -2.36. The molecule has 2 amide bonds. The molecule has 0 aliphatic rings. The Morgan fingerprint density at radius 3 is 2.75 bits per heavy atom. The minimum atomic E-state index is -4.42. The molecule has 88 valence electrons. The zero-order chi connectivity index (χ0) is 12.2. The van der Waals surface area contributed by atoms with E-state index in [1.54, 1.807) is 5.32 Å². The topological polar surface area (TPSA) is 54.0 Å². The molecule has 0 spiro atoms. The van der Waals surface area contributed by atoms with Gasteiger partial charge in [-0.15, -0.1) is 0 Å². The Morgan fingerprint density at radius 1 is 1.50 bits per heavy atom. The molecule has 0 aromatic carbocycles. The Bertz CT molecular complexity index is 383. The number of hydrogen-bond donors (Lipinski definition) is 2. The summed E-state index contributed by atoms with van der Waals surface area (Å²) in [5.41, 5.74) is 0.342. The van der Waals surface area contributed by atoms with Crippen molar-refractivity contribution in [2.45, 2.75) is 6.18 Å². The van der Waals surface area contributed by atoms with Crippen molar-refractivity contribution in [2.75, 3.05) is 11.9 Å². The van der Waals surface area contributed by atoms with Gasteiger partial charge in [0.25, 0.3) is 0 Å². The van der Waals surface area contributed by atoms with E-state index >= 15 is 0 Å². The summed E-state index contributed by atoms with van der Waals surface area (Å²) in [7, 11) is 0. The standard InChI is InChI=1S/C8H7BrF3N3O/c9-5-3-13-2-1-6(5)15-7(16)14-4-8(10,11)12/h1-3H,4H2,(H2,13,14,15,16). The largest absolute Gasteiger partial charge is 0.405 e. The Hall–Kier alpha value is -1.31. The lowest BCUT2D eigenvalue weighted by atomic mass is 10.4. The third kappa shape index (κ3) is 4.47. The molecular formula is C8H7BrF3N3O. The van der Waals surface area contributed by atoms with Gasteiger partial charge in [0.2, 0.25) is 0 Å². The molecule has 0 saturated carbocycles. The van der Waals surface area contributed by atoms with Crippen molar-refractivity contribution >= 4 is 27.6 Å². The van der Waals surface area contributed by atoms with Crippen LogP contribution in [0.5, 0.6) is 0 Å². The van der Waals surface area contributed by atoms with Crippen LogP contribution in [0.1, 0.15) is 0 Å². The number of hydrogen-bond acceptors (Lipinski definition) is 2. The maximum Gasteiger partial charge on any atom is 0.405 e. The van der Waals surface area contributed by atoms with Gasteiger partial charge in [0, 0.05) is 12.4 Å². The highest BCUT2D eigenvalue weighted by Gasteiger charge is 2.27. The number of rotatable bonds is 2. The number of aromatic nitrogens is 1. The molecule has 0 aliphatic carbocycles. The van der Waals surface area contributed by atoms with Crippen molar-refractivity contribution in [3.05, 3.63) is 22.9 Å². The molecule has 0 saturated heterocycles. The Balaban J connectivity index is 2.50. The summed E-state index contributed by atoms with van der Waals surface area (Å²) in [6.07, 6.45) is -1.60. The van der Waals surface area contributed by atoms with E-state index in [4.69, 9.17) is 0 Å². The fourth-order valence-electron chi connectivity index (χ4n) is 0.824. The monoisotopic (exact) mass is 297 g/mol. The molecule has 4 nitrogen and oxygen atoms in total. The van der Waals surface area contributed by atoms with E-state index in [0.29, 0.717) is 10.2 Å². The number of pyridine rings is 1. The highest BCUT2D eigenvalue weighted by molar-refractivity contribution is 9.10. The smallest absolute Gasteiger partial charge is 0.329 e. The first-order valence-electron chi connectivity index (χ1n) is 4.09. The summed E-state index contributed by atoms with van der Waals surface area (Å²) in [5.74, 6) is 0. The molecule has 0 radical (unpaired) electrons. The van der Waals surface area contributed by atoms with Crippen LogP contribution in [-0.4, -0.2) is 23.7 Å². The van der Waals surface area contributed by atoms with Crippen LogP contribution in [0.25, 0.3) is 0 Å². The van der Waals surface area contributed by atoms with Gasteiger partial charge >= 0.3 is 12.2 Å². The minimum absolute atomic E-state index is 0.342. The van der Waals surface area contributed by atoms with Crippen LogP contribution >= 0.6 is 15.9 Å². The van der Waals surface area contributed by atoms with E-state index in [0.717, 1.165) is 0 Å². The first-order chi connectivity index (χ1) is 7.38. The van der Waals surface area contributed by atoms with E-state index in [2.05, 4.69) is 26.2 Å². The average molecular weight is 298 g/mol. The number of halogens is 4. The van der Waals surface area contributed by atoms with Crippen LogP contribution in [0.4, 0.5) is 23.7 Å². The fraction of sp³-hybridized carbons (Fsp3) is 0.250. The molecule has 1 aromatic rings. The van der Waals surface area contributed by atoms with Gasteiger partial charge in [-0.2, -0.15) is 13.2 Å². The molecule has 0 unspecified atom stereocenters. The molecule has 1 heterocycles. The molecule has 1 aromatic heterocycles. The van der Waals surface area contributed by atoms with Gasteiger partial charge < -0.3 is 10.6 Å². The lowest BCUT2D eigenvalue weighted by Gasteiger charge is -2.10. The molecule has 2 N–H and O–H groups in total. The van der Waals surface area contributed by atoms with Crippen molar-refractivity contribution in [3.63, 3.8) is 0 Å². The number of carbonyl (C=O) groups excluding carboxylic acids is 1. The lowest BCUT2D eigenvalue weighted by molar-refractivity contribution is -0.122. The van der Waals surface area contributed by atoms with E-state index < -0.39 is 18.8 Å². The second kappa shape index (κ2) is 5.15. The van der Waals surface area contributed by atoms with Crippen molar-refractivity contribution < 1.29 is 18.0 Å². The van der Waals surface area contributed by atoms with E-state index in [-0.39, 0.29) is 0 Å². The van der Waals surface area contributed by atoms with E-state index in [9.17, 15) is 18.0 Å².